The molecule has 7 heteroatoms. The topological polar surface area (TPSA) is 86.6 Å². The Kier molecular flexibility index (Phi) is 8.07. The summed E-state index contributed by atoms with van der Waals surface area (Å²) in [6.45, 7) is 10.1. The molecule has 2 rings (SSSR count). The number of carbonyl (C=O) groups is 2. The first kappa shape index (κ1) is 21.5. The SMILES string of the molecule is CCN(CC)C(CNC(=O)c1ccc(NC(=O)NC(C)C)cc1)c1ccco1. The molecule has 0 aliphatic heterocycles. The zero-order valence-corrected chi connectivity index (χ0v) is 17.0. The number of rotatable bonds is 9. The summed E-state index contributed by atoms with van der Waals surface area (Å²) in [6, 6.07) is 10.4. The minimum atomic E-state index is -0.271. The van der Waals surface area contributed by atoms with Crippen LogP contribution in [0.2, 0.25) is 0 Å². The van der Waals surface area contributed by atoms with Gasteiger partial charge in [-0.3, -0.25) is 9.69 Å². The zero-order chi connectivity index (χ0) is 20.5. The fraction of sp³-hybridized carbons (Fsp3) is 0.429. The van der Waals surface area contributed by atoms with Crippen LogP contribution in [-0.4, -0.2) is 42.5 Å². The number of furan rings is 1. The highest BCUT2D eigenvalue weighted by molar-refractivity contribution is 5.95. The van der Waals surface area contributed by atoms with Gasteiger partial charge in [-0.2, -0.15) is 0 Å². The largest absolute Gasteiger partial charge is 0.468 e. The van der Waals surface area contributed by atoms with Crippen molar-refractivity contribution in [3.8, 4) is 0 Å². The lowest BCUT2D eigenvalue weighted by molar-refractivity contribution is 0.0929. The van der Waals surface area contributed by atoms with Crippen molar-refractivity contribution in [2.75, 3.05) is 25.0 Å². The van der Waals surface area contributed by atoms with Crippen LogP contribution in [0.4, 0.5) is 10.5 Å². The van der Waals surface area contributed by atoms with E-state index < -0.39 is 0 Å². The Morgan fingerprint density at radius 1 is 1.07 bits per heavy atom. The van der Waals surface area contributed by atoms with E-state index in [0.29, 0.717) is 17.8 Å². The van der Waals surface area contributed by atoms with Crippen LogP contribution in [0.1, 0.15) is 49.9 Å². The Hall–Kier alpha value is -2.80. The molecular formula is C21H30N4O3. The first-order valence-corrected chi connectivity index (χ1v) is 9.67. The van der Waals surface area contributed by atoms with Gasteiger partial charge in [-0.25, -0.2) is 4.79 Å². The van der Waals surface area contributed by atoms with Crippen molar-refractivity contribution in [3.05, 3.63) is 54.0 Å². The van der Waals surface area contributed by atoms with E-state index in [9.17, 15) is 9.59 Å². The number of nitrogens with one attached hydrogen (secondary N) is 3. The molecular weight excluding hydrogens is 356 g/mol. The number of urea groups is 1. The molecule has 7 nitrogen and oxygen atoms in total. The quantitative estimate of drug-likeness (QED) is 0.614. The number of nitrogens with zero attached hydrogens (tertiary/aromatic N) is 1. The number of carbonyl (C=O) groups excluding carboxylic acids is 2. The predicted molar refractivity (Wildman–Crippen MR) is 110 cm³/mol. The molecule has 1 unspecified atom stereocenters. The maximum absolute atomic E-state index is 12.5. The van der Waals surface area contributed by atoms with Crippen molar-refractivity contribution < 1.29 is 14.0 Å². The lowest BCUT2D eigenvalue weighted by atomic mass is 10.1. The van der Waals surface area contributed by atoms with Gasteiger partial charge in [0.15, 0.2) is 0 Å². The van der Waals surface area contributed by atoms with Crippen molar-refractivity contribution in [1.82, 2.24) is 15.5 Å². The third-order valence-electron chi connectivity index (χ3n) is 4.41. The molecule has 0 fully saturated rings. The first-order chi connectivity index (χ1) is 13.4. The van der Waals surface area contributed by atoms with E-state index >= 15 is 0 Å². The van der Waals surface area contributed by atoms with Crippen LogP contribution >= 0.6 is 0 Å². The van der Waals surface area contributed by atoms with Crippen molar-refractivity contribution in [1.29, 1.82) is 0 Å². The standard InChI is InChI=1S/C21H30N4O3/c1-5-25(6-2)18(19-8-7-13-28-19)14-22-20(26)16-9-11-17(12-10-16)24-21(27)23-15(3)4/h7-13,15,18H,5-6,14H2,1-4H3,(H,22,26)(H2,23,24,27). The Morgan fingerprint density at radius 2 is 1.75 bits per heavy atom. The fourth-order valence-corrected chi connectivity index (χ4v) is 2.98. The van der Waals surface area contributed by atoms with Crippen LogP contribution in [0.25, 0.3) is 0 Å². The normalized spacial score (nSPS) is 12.1. The Morgan fingerprint density at radius 3 is 2.29 bits per heavy atom. The highest BCUT2D eigenvalue weighted by atomic mass is 16.3. The highest BCUT2D eigenvalue weighted by Gasteiger charge is 2.21. The predicted octanol–water partition coefficient (Wildman–Crippen LogP) is 3.62. The van der Waals surface area contributed by atoms with Crippen molar-refractivity contribution >= 4 is 17.6 Å². The summed E-state index contributed by atoms with van der Waals surface area (Å²) >= 11 is 0. The minimum Gasteiger partial charge on any atom is -0.468 e. The molecule has 2 aromatic rings. The molecule has 3 N–H and O–H groups in total. The van der Waals surface area contributed by atoms with Gasteiger partial charge in [0.2, 0.25) is 0 Å². The molecule has 0 saturated heterocycles. The lowest BCUT2D eigenvalue weighted by Gasteiger charge is -2.28. The first-order valence-electron chi connectivity index (χ1n) is 9.67. The van der Waals surface area contributed by atoms with Gasteiger partial charge in [0.05, 0.1) is 12.3 Å². The van der Waals surface area contributed by atoms with Crippen molar-refractivity contribution in [3.63, 3.8) is 0 Å². The maximum atomic E-state index is 12.5. The monoisotopic (exact) mass is 386 g/mol. The van der Waals surface area contributed by atoms with Crippen LogP contribution in [0, 0.1) is 0 Å². The van der Waals surface area contributed by atoms with Crippen molar-refractivity contribution in [2.24, 2.45) is 0 Å². The van der Waals surface area contributed by atoms with Gasteiger partial charge in [-0.05, 0) is 63.3 Å². The average Bonchev–Trinajstić information content (AvgIpc) is 3.19. The molecule has 0 radical (unpaired) electrons. The van der Waals surface area contributed by atoms with Crippen molar-refractivity contribution in [2.45, 2.75) is 39.8 Å². The van der Waals surface area contributed by atoms with Gasteiger partial charge in [0.1, 0.15) is 5.76 Å². The van der Waals surface area contributed by atoms with Gasteiger partial charge >= 0.3 is 6.03 Å². The average molecular weight is 386 g/mol. The number of likely N-dealkylation sites (N-methyl/N-ethyl adjacent to an activating group) is 1. The van der Waals surface area contributed by atoms with Crippen LogP contribution in [0.3, 0.4) is 0 Å². The van der Waals surface area contributed by atoms with E-state index in [1.54, 1.807) is 30.5 Å². The smallest absolute Gasteiger partial charge is 0.319 e. The van der Waals surface area contributed by atoms with Gasteiger partial charge in [-0.1, -0.05) is 13.8 Å². The van der Waals surface area contributed by atoms with Crippen LogP contribution in [-0.2, 0) is 0 Å². The molecule has 0 bridgehead atoms. The van der Waals surface area contributed by atoms with E-state index in [2.05, 4.69) is 34.7 Å². The minimum absolute atomic E-state index is 0.0189. The van der Waals surface area contributed by atoms with Gasteiger partial charge < -0.3 is 20.4 Å². The van der Waals surface area contributed by atoms with E-state index in [4.69, 9.17) is 4.42 Å². The molecule has 0 spiro atoms. The summed E-state index contributed by atoms with van der Waals surface area (Å²) in [7, 11) is 0. The third kappa shape index (κ3) is 6.13. The summed E-state index contributed by atoms with van der Waals surface area (Å²) in [5.74, 6) is 0.668. The van der Waals surface area contributed by atoms with E-state index in [1.165, 1.54) is 0 Å². The Bertz CT molecular complexity index is 738. The summed E-state index contributed by atoms with van der Waals surface area (Å²) < 4.78 is 5.56. The molecule has 1 aromatic carbocycles. The number of hydrogen-bond acceptors (Lipinski definition) is 4. The molecule has 0 saturated carbocycles. The van der Waals surface area contributed by atoms with Crippen LogP contribution < -0.4 is 16.0 Å². The molecule has 152 valence electrons. The fourth-order valence-electron chi connectivity index (χ4n) is 2.98. The molecule has 0 aliphatic rings. The van der Waals surface area contributed by atoms with Gasteiger partial charge in [0, 0.05) is 23.8 Å². The van der Waals surface area contributed by atoms with Gasteiger partial charge in [0.25, 0.3) is 5.91 Å². The Labute approximate surface area is 166 Å². The lowest BCUT2D eigenvalue weighted by Crippen LogP contribution is -2.38. The molecule has 1 aromatic heterocycles. The molecule has 3 amide bonds. The molecule has 1 heterocycles. The van der Waals surface area contributed by atoms with Crippen LogP contribution in [0.15, 0.2) is 47.1 Å². The molecule has 1 atom stereocenters. The number of amides is 3. The van der Waals surface area contributed by atoms with E-state index in [0.717, 1.165) is 18.8 Å². The second-order valence-electron chi connectivity index (χ2n) is 6.79. The number of benzene rings is 1. The molecule has 0 aliphatic carbocycles. The second-order valence-corrected chi connectivity index (χ2v) is 6.79. The summed E-state index contributed by atoms with van der Waals surface area (Å²) in [6.07, 6.45) is 1.65. The second kappa shape index (κ2) is 10.5. The summed E-state index contributed by atoms with van der Waals surface area (Å²) in [5.41, 5.74) is 1.17. The Balaban J connectivity index is 1.96. The van der Waals surface area contributed by atoms with E-state index in [-0.39, 0.29) is 24.0 Å². The zero-order valence-electron chi connectivity index (χ0n) is 17.0. The maximum Gasteiger partial charge on any atom is 0.319 e. The number of anilines is 1. The summed E-state index contributed by atoms with van der Waals surface area (Å²) in [5, 5.41) is 8.47. The van der Waals surface area contributed by atoms with Gasteiger partial charge in [-0.15, -0.1) is 0 Å². The molecule has 28 heavy (non-hydrogen) atoms. The third-order valence-corrected chi connectivity index (χ3v) is 4.41. The summed E-state index contributed by atoms with van der Waals surface area (Å²) in [4.78, 5) is 26.5. The number of hydrogen-bond donors (Lipinski definition) is 3. The van der Waals surface area contributed by atoms with E-state index in [1.807, 2.05) is 26.0 Å². The highest BCUT2D eigenvalue weighted by Crippen LogP contribution is 2.20. The van der Waals surface area contributed by atoms with Crippen LogP contribution in [0.5, 0.6) is 0 Å².